The van der Waals surface area contributed by atoms with Crippen LogP contribution >= 0.6 is 11.6 Å². The minimum atomic E-state index is -0.163. The zero-order chi connectivity index (χ0) is 11.5. The van der Waals surface area contributed by atoms with E-state index in [2.05, 4.69) is 4.98 Å². The third-order valence-corrected chi connectivity index (χ3v) is 2.96. The highest BCUT2D eigenvalue weighted by Gasteiger charge is 2.30. The summed E-state index contributed by atoms with van der Waals surface area (Å²) in [7, 11) is 0. The lowest BCUT2D eigenvalue weighted by Crippen LogP contribution is -2.49. The molecule has 0 bridgehead atoms. The number of nitrogens with zero attached hydrogens (tertiary/aromatic N) is 2. The Balaban J connectivity index is 2.17. The van der Waals surface area contributed by atoms with Crippen molar-refractivity contribution in [2.45, 2.75) is 13.0 Å². The van der Waals surface area contributed by atoms with E-state index in [9.17, 15) is 4.79 Å². The second-order valence-corrected chi connectivity index (χ2v) is 3.96. The van der Waals surface area contributed by atoms with Crippen LogP contribution in [0.4, 0.5) is 0 Å². The molecule has 16 heavy (non-hydrogen) atoms. The zero-order valence-corrected chi connectivity index (χ0v) is 9.74. The summed E-state index contributed by atoms with van der Waals surface area (Å²) in [4.78, 5) is 17.7. The fraction of sp³-hybridized carbons (Fsp3) is 0.600. The molecule has 0 aliphatic carbocycles. The van der Waals surface area contributed by atoms with E-state index in [1.165, 1.54) is 6.39 Å². The highest BCUT2D eigenvalue weighted by Crippen LogP contribution is 2.15. The molecule has 0 aromatic carbocycles. The number of rotatable bonds is 2. The third kappa shape index (κ3) is 2.05. The van der Waals surface area contributed by atoms with Gasteiger partial charge in [-0.15, -0.1) is 11.6 Å². The van der Waals surface area contributed by atoms with Crippen molar-refractivity contribution in [3.63, 3.8) is 0 Å². The minimum Gasteiger partial charge on any atom is -0.438 e. The summed E-state index contributed by atoms with van der Waals surface area (Å²) in [5.41, 5.74) is 0.602. The average Bonchev–Trinajstić information content (AvgIpc) is 2.74. The van der Waals surface area contributed by atoms with E-state index in [0.29, 0.717) is 31.3 Å². The van der Waals surface area contributed by atoms with E-state index in [0.717, 1.165) is 0 Å². The molecule has 5 nitrogen and oxygen atoms in total. The standard InChI is InChI=1S/C10H13ClN2O3/c1-7-9(16-6-12-7)10(14)13-2-3-15-5-8(13)4-11/h6,8H,2-5H2,1H3. The SMILES string of the molecule is Cc1ncoc1C(=O)N1CCOCC1CCl. The summed E-state index contributed by atoms with van der Waals surface area (Å²) >= 11 is 5.80. The molecule has 1 aliphatic heterocycles. The Morgan fingerprint density at radius 1 is 1.75 bits per heavy atom. The first-order valence-corrected chi connectivity index (χ1v) is 5.62. The molecular formula is C10H13ClN2O3. The molecule has 1 fully saturated rings. The van der Waals surface area contributed by atoms with Gasteiger partial charge in [-0.1, -0.05) is 0 Å². The Bertz CT molecular complexity index is 380. The number of morpholine rings is 1. The van der Waals surface area contributed by atoms with Gasteiger partial charge < -0.3 is 14.1 Å². The van der Waals surface area contributed by atoms with Crippen molar-refractivity contribution in [3.05, 3.63) is 17.8 Å². The molecule has 1 aromatic rings. The van der Waals surface area contributed by atoms with Gasteiger partial charge in [0.1, 0.15) is 0 Å². The Kier molecular flexibility index (Phi) is 3.46. The van der Waals surface area contributed by atoms with E-state index in [-0.39, 0.29) is 17.7 Å². The summed E-state index contributed by atoms with van der Waals surface area (Å²) < 4.78 is 10.4. The van der Waals surface area contributed by atoms with Crippen LogP contribution in [0, 0.1) is 6.92 Å². The van der Waals surface area contributed by atoms with Crippen LogP contribution in [0.25, 0.3) is 0 Å². The van der Waals surface area contributed by atoms with Crippen LogP contribution in [0.3, 0.4) is 0 Å². The van der Waals surface area contributed by atoms with Crippen LogP contribution in [0.2, 0.25) is 0 Å². The number of oxazole rings is 1. The van der Waals surface area contributed by atoms with Crippen molar-refractivity contribution >= 4 is 17.5 Å². The molecule has 0 N–H and O–H groups in total. The van der Waals surface area contributed by atoms with Gasteiger partial charge in [-0.25, -0.2) is 4.98 Å². The van der Waals surface area contributed by atoms with E-state index < -0.39 is 0 Å². The van der Waals surface area contributed by atoms with Gasteiger partial charge in [0.25, 0.3) is 5.91 Å². The molecule has 1 unspecified atom stereocenters. The number of hydrogen-bond donors (Lipinski definition) is 0. The molecule has 0 spiro atoms. The zero-order valence-electron chi connectivity index (χ0n) is 8.98. The number of alkyl halides is 1. The number of aromatic nitrogens is 1. The number of hydrogen-bond acceptors (Lipinski definition) is 4. The summed E-state index contributed by atoms with van der Waals surface area (Å²) in [5.74, 6) is 0.486. The van der Waals surface area contributed by atoms with E-state index >= 15 is 0 Å². The van der Waals surface area contributed by atoms with Crippen LogP contribution in [-0.2, 0) is 4.74 Å². The number of carbonyl (C=O) groups excluding carboxylic acids is 1. The highest BCUT2D eigenvalue weighted by atomic mass is 35.5. The van der Waals surface area contributed by atoms with Crippen molar-refractivity contribution in [2.75, 3.05) is 25.6 Å². The first kappa shape index (κ1) is 11.4. The van der Waals surface area contributed by atoms with Gasteiger partial charge in [0.05, 0.1) is 24.9 Å². The number of halogens is 1. The normalized spacial score (nSPS) is 21.1. The Morgan fingerprint density at radius 3 is 3.19 bits per heavy atom. The van der Waals surface area contributed by atoms with Gasteiger partial charge in [0.2, 0.25) is 5.76 Å². The van der Waals surface area contributed by atoms with Gasteiger partial charge in [-0.05, 0) is 6.92 Å². The monoisotopic (exact) mass is 244 g/mol. The summed E-state index contributed by atoms with van der Waals surface area (Å²) in [5, 5.41) is 0. The van der Waals surface area contributed by atoms with Crippen LogP contribution in [0.15, 0.2) is 10.8 Å². The molecule has 1 amide bonds. The first-order valence-electron chi connectivity index (χ1n) is 5.08. The van der Waals surface area contributed by atoms with Crippen LogP contribution in [0.1, 0.15) is 16.2 Å². The molecule has 1 aliphatic rings. The lowest BCUT2D eigenvalue weighted by atomic mass is 10.2. The maximum Gasteiger partial charge on any atom is 0.292 e. The molecule has 0 saturated carbocycles. The van der Waals surface area contributed by atoms with Crippen molar-refractivity contribution in [1.82, 2.24) is 9.88 Å². The smallest absolute Gasteiger partial charge is 0.292 e. The second-order valence-electron chi connectivity index (χ2n) is 3.65. The molecule has 6 heteroatoms. The molecular weight excluding hydrogens is 232 g/mol. The second kappa shape index (κ2) is 4.84. The quantitative estimate of drug-likeness (QED) is 0.730. The molecule has 2 heterocycles. The Hall–Kier alpha value is -1.07. The average molecular weight is 245 g/mol. The van der Waals surface area contributed by atoms with Crippen LogP contribution in [-0.4, -0.2) is 47.5 Å². The molecule has 1 saturated heterocycles. The van der Waals surface area contributed by atoms with Crippen LogP contribution in [0.5, 0.6) is 0 Å². The van der Waals surface area contributed by atoms with Crippen molar-refractivity contribution in [1.29, 1.82) is 0 Å². The summed E-state index contributed by atoms with van der Waals surface area (Å²) in [6.07, 6.45) is 1.28. The van der Waals surface area contributed by atoms with Gasteiger partial charge in [-0.2, -0.15) is 0 Å². The highest BCUT2D eigenvalue weighted by molar-refractivity contribution is 6.18. The number of carbonyl (C=O) groups is 1. The van der Waals surface area contributed by atoms with Crippen LogP contribution < -0.4 is 0 Å². The van der Waals surface area contributed by atoms with Gasteiger partial charge in [0.15, 0.2) is 6.39 Å². The van der Waals surface area contributed by atoms with E-state index in [1.807, 2.05) is 0 Å². The number of amides is 1. The van der Waals surface area contributed by atoms with Crippen molar-refractivity contribution in [3.8, 4) is 0 Å². The van der Waals surface area contributed by atoms with Gasteiger partial charge >= 0.3 is 0 Å². The maximum atomic E-state index is 12.1. The minimum absolute atomic E-state index is 0.0904. The molecule has 1 aromatic heterocycles. The van der Waals surface area contributed by atoms with E-state index in [4.69, 9.17) is 20.8 Å². The largest absolute Gasteiger partial charge is 0.438 e. The first-order chi connectivity index (χ1) is 7.74. The predicted molar refractivity (Wildman–Crippen MR) is 57.6 cm³/mol. The topological polar surface area (TPSA) is 55.6 Å². The molecule has 2 rings (SSSR count). The van der Waals surface area contributed by atoms with Gasteiger partial charge in [0, 0.05) is 12.4 Å². The maximum absolute atomic E-state index is 12.1. The van der Waals surface area contributed by atoms with Crippen molar-refractivity contribution < 1.29 is 13.9 Å². The Labute approximate surface area is 98.3 Å². The number of ether oxygens (including phenoxy) is 1. The van der Waals surface area contributed by atoms with Gasteiger partial charge in [-0.3, -0.25) is 4.79 Å². The fourth-order valence-corrected chi connectivity index (χ4v) is 1.94. The molecule has 88 valence electrons. The predicted octanol–water partition coefficient (Wildman–Crippen LogP) is 1.06. The summed E-state index contributed by atoms with van der Waals surface area (Å²) in [6, 6.07) is -0.0904. The lowest BCUT2D eigenvalue weighted by molar-refractivity contribution is 0.00287. The lowest BCUT2D eigenvalue weighted by Gasteiger charge is -2.33. The summed E-state index contributed by atoms with van der Waals surface area (Å²) in [6.45, 7) is 3.29. The van der Waals surface area contributed by atoms with Crippen molar-refractivity contribution in [2.24, 2.45) is 0 Å². The van der Waals surface area contributed by atoms with E-state index in [1.54, 1.807) is 11.8 Å². The third-order valence-electron chi connectivity index (χ3n) is 2.61. The fourth-order valence-electron chi connectivity index (χ4n) is 1.69. The number of aryl methyl sites for hydroxylation is 1. The Morgan fingerprint density at radius 2 is 2.56 bits per heavy atom. The molecule has 0 radical (unpaired) electrons. The molecule has 1 atom stereocenters.